The molecule has 128 valence electrons. The maximum absolute atomic E-state index is 12.2. The summed E-state index contributed by atoms with van der Waals surface area (Å²) in [6.07, 6.45) is 0.271. The number of benzene rings is 1. The Morgan fingerprint density at radius 1 is 1.00 bits per heavy atom. The quantitative estimate of drug-likeness (QED) is 0.295. The Kier molecular flexibility index (Phi) is 10.2. The van der Waals surface area contributed by atoms with Gasteiger partial charge >= 0.3 is 5.97 Å². The number of ketones is 1. The molecule has 0 fully saturated rings. The smallest absolute Gasteiger partial charge is 0.306 e. The molecule has 7 heteroatoms. The van der Waals surface area contributed by atoms with Crippen LogP contribution in [0.15, 0.2) is 30.3 Å². The third-order valence-corrected chi connectivity index (χ3v) is 9.67. The number of alkyl halides is 4. The molecule has 0 saturated carbocycles. The fourth-order valence-corrected chi connectivity index (χ4v) is 5.14. The number of ether oxygens (including phenoxy) is 1. The minimum Gasteiger partial charge on any atom is -0.466 e. The topological polar surface area (TPSA) is 43.4 Å². The van der Waals surface area contributed by atoms with E-state index in [2.05, 4.69) is 63.7 Å². The highest BCUT2D eigenvalue weighted by Gasteiger charge is 2.33. The highest BCUT2D eigenvalue weighted by molar-refractivity contribution is 9.14. The van der Waals surface area contributed by atoms with Gasteiger partial charge in [0.2, 0.25) is 0 Å². The first-order valence-electron chi connectivity index (χ1n) is 7.18. The van der Waals surface area contributed by atoms with Gasteiger partial charge in [0.25, 0.3) is 0 Å². The Bertz CT molecular complexity index is 509. The third-order valence-electron chi connectivity index (χ3n) is 3.17. The van der Waals surface area contributed by atoms with Crippen molar-refractivity contribution in [2.24, 2.45) is 0 Å². The van der Waals surface area contributed by atoms with Crippen molar-refractivity contribution in [1.29, 1.82) is 0 Å². The van der Waals surface area contributed by atoms with Crippen molar-refractivity contribution in [3.8, 4) is 0 Å². The molecule has 0 aliphatic rings. The molecule has 3 nitrogen and oxygen atoms in total. The van der Waals surface area contributed by atoms with E-state index >= 15 is 0 Å². The van der Waals surface area contributed by atoms with E-state index < -0.39 is 4.83 Å². The van der Waals surface area contributed by atoms with E-state index in [4.69, 9.17) is 4.74 Å². The average molecular weight is 578 g/mol. The lowest BCUT2D eigenvalue weighted by Crippen LogP contribution is -2.33. The summed E-state index contributed by atoms with van der Waals surface area (Å²) >= 11 is 14.3. The molecule has 0 N–H and O–H groups in total. The molecule has 0 aromatic heterocycles. The van der Waals surface area contributed by atoms with Crippen LogP contribution in [-0.2, 0) is 14.3 Å². The Balaban J connectivity index is 2.59. The van der Waals surface area contributed by atoms with Crippen LogP contribution in [0.5, 0.6) is 0 Å². The molecular formula is C16H18Br4O3. The fourth-order valence-electron chi connectivity index (χ4n) is 1.92. The maximum atomic E-state index is 12.2. The molecule has 0 saturated heterocycles. The highest BCUT2D eigenvalue weighted by Crippen LogP contribution is 2.38. The summed E-state index contributed by atoms with van der Waals surface area (Å²) < 4.78 is 4.84. The molecule has 0 spiro atoms. The monoisotopic (exact) mass is 574 g/mol. The number of carbonyl (C=O) groups is 2. The van der Waals surface area contributed by atoms with E-state index in [1.165, 1.54) is 0 Å². The number of Topliss-reactive ketones (excluding diaryl/α,β-unsaturated/α-hetero) is 1. The number of hydrogen-bond donors (Lipinski definition) is 0. The van der Waals surface area contributed by atoms with Crippen molar-refractivity contribution in [2.75, 3.05) is 6.61 Å². The standard InChI is InChI=1S/C16H18Br4O3/c1-2-23-12(22)9-8-11(21)14(18)16(20)15(19)13(17)10-6-4-3-5-7-10/h3-7,13-16H,2,8-9H2,1H3/t13-,14-,15-,16-/m1/s1. The SMILES string of the molecule is CCOC(=O)CCC(=O)[C@@H](Br)[C@@H](Br)[C@H](Br)[C@H](Br)c1ccccc1. The van der Waals surface area contributed by atoms with Crippen LogP contribution in [0.3, 0.4) is 0 Å². The van der Waals surface area contributed by atoms with Gasteiger partial charge in [-0.1, -0.05) is 94.1 Å². The molecule has 0 bridgehead atoms. The van der Waals surface area contributed by atoms with Crippen molar-refractivity contribution in [3.63, 3.8) is 0 Å². The van der Waals surface area contributed by atoms with E-state index in [1.807, 2.05) is 30.3 Å². The van der Waals surface area contributed by atoms with E-state index in [0.717, 1.165) is 5.56 Å². The van der Waals surface area contributed by atoms with Crippen LogP contribution < -0.4 is 0 Å². The van der Waals surface area contributed by atoms with Crippen LogP contribution >= 0.6 is 63.7 Å². The highest BCUT2D eigenvalue weighted by atomic mass is 79.9. The Morgan fingerprint density at radius 3 is 2.17 bits per heavy atom. The second-order valence-electron chi connectivity index (χ2n) is 4.87. The lowest BCUT2D eigenvalue weighted by atomic mass is 10.0. The first-order valence-corrected chi connectivity index (χ1v) is 10.8. The van der Waals surface area contributed by atoms with E-state index in [1.54, 1.807) is 6.92 Å². The molecule has 0 unspecified atom stereocenters. The van der Waals surface area contributed by atoms with Gasteiger partial charge in [-0.25, -0.2) is 0 Å². The zero-order valence-electron chi connectivity index (χ0n) is 12.6. The van der Waals surface area contributed by atoms with Gasteiger partial charge in [0.05, 0.1) is 22.7 Å². The van der Waals surface area contributed by atoms with Gasteiger partial charge in [-0.3, -0.25) is 9.59 Å². The first kappa shape index (κ1) is 21.3. The zero-order chi connectivity index (χ0) is 17.4. The minimum absolute atomic E-state index is 0.0131. The number of halogens is 4. The number of rotatable bonds is 9. The third kappa shape index (κ3) is 6.96. The van der Waals surface area contributed by atoms with E-state index in [-0.39, 0.29) is 39.1 Å². The summed E-state index contributed by atoms with van der Waals surface area (Å²) in [6.45, 7) is 2.08. The molecule has 23 heavy (non-hydrogen) atoms. The predicted octanol–water partition coefficient (Wildman–Crippen LogP) is 5.33. The molecule has 0 aliphatic carbocycles. The van der Waals surface area contributed by atoms with Gasteiger partial charge in [-0.05, 0) is 12.5 Å². The molecule has 0 radical (unpaired) electrons. The summed E-state index contributed by atoms with van der Waals surface area (Å²) in [5.41, 5.74) is 1.12. The number of esters is 1. The first-order chi connectivity index (χ1) is 10.9. The van der Waals surface area contributed by atoms with Crippen LogP contribution in [0.2, 0.25) is 0 Å². The van der Waals surface area contributed by atoms with Gasteiger partial charge in [-0.15, -0.1) is 0 Å². The summed E-state index contributed by atoms with van der Waals surface area (Å²) in [4.78, 5) is 23.1. The molecular weight excluding hydrogens is 560 g/mol. The summed E-state index contributed by atoms with van der Waals surface area (Å²) in [5.74, 6) is -0.373. The fraction of sp³-hybridized carbons (Fsp3) is 0.500. The largest absolute Gasteiger partial charge is 0.466 e. The predicted molar refractivity (Wildman–Crippen MR) is 107 cm³/mol. The molecule has 1 rings (SSSR count). The van der Waals surface area contributed by atoms with Gasteiger partial charge in [0, 0.05) is 16.1 Å². The van der Waals surface area contributed by atoms with Crippen LogP contribution in [0.25, 0.3) is 0 Å². The molecule has 0 heterocycles. The van der Waals surface area contributed by atoms with Gasteiger partial charge in [0.15, 0.2) is 0 Å². The summed E-state index contributed by atoms with van der Waals surface area (Å²) in [5, 5.41) is 0. The van der Waals surface area contributed by atoms with E-state index in [9.17, 15) is 9.59 Å². The molecule has 0 amide bonds. The zero-order valence-corrected chi connectivity index (χ0v) is 18.9. The lowest BCUT2D eigenvalue weighted by molar-refractivity contribution is -0.144. The van der Waals surface area contributed by atoms with E-state index in [0.29, 0.717) is 6.61 Å². The second-order valence-corrected chi connectivity index (χ2v) is 8.96. The Labute approximate surface area is 170 Å². The van der Waals surface area contributed by atoms with Crippen LogP contribution in [0, 0.1) is 0 Å². The van der Waals surface area contributed by atoms with Crippen molar-refractivity contribution in [3.05, 3.63) is 35.9 Å². The van der Waals surface area contributed by atoms with Crippen molar-refractivity contribution in [2.45, 2.75) is 39.1 Å². The van der Waals surface area contributed by atoms with Crippen molar-refractivity contribution in [1.82, 2.24) is 0 Å². The number of carbonyl (C=O) groups excluding carboxylic acids is 2. The van der Waals surface area contributed by atoms with Crippen LogP contribution in [0.1, 0.15) is 30.2 Å². The summed E-state index contributed by atoms with van der Waals surface area (Å²) in [6, 6.07) is 9.97. The molecule has 1 aromatic carbocycles. The van der Waals surface area contributed by atoms with Crippen LogP contribution in [-0.4, -0.2) is 32.8 Å². The number of hydrogen-bond acceptors (Lipinski definition) is 3. The Hall–Kier alpha value is 0.280. The Morgan fingerprint density at radius 2 is 1.61 bits per heavy atom. The van der Waals surface area contributed by atoms with Gasteiger partial charge in [0.1, 0.15) is 5.78 Å². The molecule has 1 aromatic rings. The van der Waals surface area contributed by atoms with Gasteiger partial charge in [-0.2, -0.15) is 0 Å². The van der Waals surface area contributed by atoms with Crippen LogP contribution in [0.4, 0.5) is 0 Å². The van der Waals surface area contributed by atoms with Crippen molar-refractivity contribution < 1.29 is 14.3 Å². The summed E-state index contributed by atoms with van der Waals surface area (Å²) in [7, 11) is 0. The average Bonchev–Trinajstić information content (AvgIpc) is 2.58. The maximum Gasteiger partial charge on any atom is 0.306 e. The van der Waals surface area contributed by atoms with Gasteiger partial charge < -0.3 is 4.74 Å². The normalized spacial score (nSPS) is 16.2. The lowest BCUT2D eigenvalue weighted by Gasteiger charge is -2.25. The van der Waals surface area contributed by atoms with Crippen molar-refractivity contribution >= 4 is 75.5 Å². The minimum atomic E-state index is -0.398. The second kappa shape index (κ2) is 11.0. The molecule has 0 aliphatic heterocycles. The molecule has 4 atom stereocenters.